The summed E-state index contributed by atoms with van der Waals surface area (Å²) in [6, 6.07) is 7.38. The van der Waals surface area contributed by atoms with E-state index in [0.717, 1.165) is 0 Å². The molecule has 1 fully saturated rings. The molecule has 0 N–H and O–H groups in total. The predicted octanol–water partition coefficient (Wildman–Crippen LogP) is 2.03. The summed E-state index contributed by atoms with van der Waals surface area (Å²) in [5.41, 5.74) is 0.334. The summed E-state index contributed by atoms with van der Waals surface area (Å²) in [5, 5.41) is 4.11. The van der Waals surface area contributed by atoms with Gasteiger partial charge in [0, 0.05) is 31.0 Å². The van der Waals surface area contributed by atoms with Crippen molar-refractivity contribution in [3.05, 3.63) is 54.1 Å². The summed E-state index contributed by atoms with van der Waals surface area (Å²) in [4.78, 5) is 14.7. The van der Waals surface area contributed by atoms with Crippen LogP contribution in [0.1, 0.15) is 18.5 Å². The Kier molecular flexibility index (Phi) is 5.78. The molecular weight excluding hydrogens is 325 g/mol. The maximum Gasteiger partial charge on any atom is 0.328 e. The third kappa shape index (κ3) is 4.43. The number of hydrogen-bond donors (Lipinski definition) is 0. The van der Waals surface area contributed by atoms with Crippen molar-refractivity contribution in [3.8, 4) is 0 Å². The largest absolute Gasteiger partial charge is 0.459 e. The van der Waals surface area contributed by atoms with Gasteiger partial charge in [-0.2, -0.15) is 5.10 Å². The first-order valence-electron chi connectivity index (χ1n) is 8.39. The molecule has 2 atom stereocenters. The first kappa shape index (κ1) is 17.6. The molecule has 7 heteroatoms. The van der Waals surface area contributed by atoms with Crippen molar-refractivity contribution < 1.29 is 18.7 Å². The van der Waals surface area contributed by atoms with Crippen LogP contribution in [0.2, 0.25) is 0 Å². The summed E-state index contributed by atoms with van der Waals surface area (Å²) >= 11 is 0. The maximum atomic E-state index is 14.3. The van der Waals surface area contributed by atoms with Crippen LogP contribution in [0.4, 0.5) is 4.39 Å². The summed E-state index contributed by atoms with van der Waals surface area (Å²) in [6.45, 7) is 4.40. The Morgan fingerprint density at radius 1 is 1.32 bits per heavy atom. The Morgan fingerprint density at radius 3 is 2.76 bits per heavy atom. The summed E-state index contributed by atoms with van der Waals surface area (Å²) < 4.78 is 27.0. The van der Waals surface area contributed by atoms with E-state index < -0.39 is 17.8 Å². The van der Waals surface area contributed by atoms with Gasteiger partial charge in [0.05, 0.1) is 19.8 Å². The molecule has 1 aromatic heterocycles. The van der Waals surface area contributed by atoms with E-state index in [2.05, 4.69) is 5.10 Å². The SMILES string of the molecule is CC(Cn1cccn1)OC(=O)C(c1ccccc1F)N1CCOCC1. The van der Waals surface area contributed by atoms with Crippen LogP contribution < -0.4 is 0 Å². The van der Waals surface area contributed by atoms with Gasteiger partial charge in [-0.15, -0.1) is 0 Å². The highest BCUT2D eigenvalue weighted by Crippen LogP contribution is 2.26. The van der Waals surface area contributed by atoms with Gasteiger partial charge in [-0.1, -0.05) is 18.2 Å². The predicted molar refractivity (Wildman–Crippen MR) is 89.3 cm³/mol. The smallest absolute Gasteiger partial charge is 0.328 e. The molecule has 134 valence electrons. The van der Waals surface area contributed by atoms with E-state index in [0.29, 0.717) is 38.4 Å². The first-order chi connectivity index (χ1) is 12.1. The fourth-order valence-corrected chi connectivity index (χ4v) is 2.98. The molecule has 1 aliphatic heterocycles. The van der Waals surface area contributed by atoms with E-state index in [-0.39, 0.29) is 6.10 Å². The number of halogens is 1. The van der Waals surface area contributed by atoms with Gasteiger partial charge in [0.15, 0.2) is 0 Å². The quantitative estimate of drug-likeness (QED) is 0.749. The summed E-state index contributed by atoms with van der Waals surface area (Å²) in [7, 11) is 0. The van der Waals surface area contributed by atoms with Crippen molar-refractivity contribution in [2.45, 2.75) is 25.6 Å². The van der Waals surface area contributed by atoms with Crippen LogP contribution in [0, 0.1) is 5.82 Å². The van der Waals surface area contributed by atoms with Crippen LogP contribution in [0.25, 0.3) is 0 Å². The molecule has 0 radical (unpaired) electrons. The van der Waals surface area contributed by atoms with Crippen LogP contribution in [-0.4, -0.2) is 53.1 Å². The van der Waals surface area contributed by atoms with E-state index in [1.54, 1.807) is 42.2 Å². The van der Waals surface area contributed by atoms with Crippen molar-refractivity contribution in [2.24, 2.45) is 0 Å². The van der Waals surface area contributed by atoms with Crippen LogP contribution in [0.5, 0.6) is 0 Å². The number of carbonyl (C=O) groups excluding carboxylic acids is 1. The van der Waals surface area contributed by atoms with Gasteiger partial charge >= 0.3 is 5.97 Å². The van der Waals surface area contributed by atoms with Gasteiger partial charge in [-0.05, 0) is 19.1 Å². The zero-order chi connectivity index (χ0) is 17.6. The molecular formula is C18H22FN3O3. The zero-order valence-corrected chi connectivity index (χ0v) is 14.2. The van der Waals surface area contributed by atoms with Crippen LogP contribution in [0.3, 0.4) is 0 Å². The number of hydrogen-bond acceptors (Lipinski definition) is 5. The lowest BCUT2D eigenvalue weighted by molar-refractivity contribution is -0.157. The molecule has 6 nitrogen and oxygen atoms in total. The van der Waals surface area contributed by atoms with Crippen molar-refractivity contribution in [1.29, 1.82) is 0 Å². The molecule has 2 aromatic rings. The Bertz CT molecular complexity index is 687. The number of nitrogens with zero attached hydrogens (tertiary/aromatic N) is 3. The highest BCUT2D eigenvalue weighted by atomic mass is 19.1. The van der Waals surface area contributed by atoms with E-state index in [1.807, 2.05) is 11.0 Å². The standard InChI is InChI=1S/C18H22FN3O3/c1-14(13-22-8-4-7-20-22)25-18(23)17(21-9-11-24-12-10-21)15-5-2-3-6-16(15)19/h2-8,14,17H,9-13H2,1H3. The van der Waals surface area contributed by atoms with E-state index in [1.165, 1.54) is 6.07 Å². The molecule has 0 amide bonds. The fraction of sp³-hybridized carbons (Fsp3) is 0.444. The number of benzene rings is 1. The molecule has 0 aliphatic carbocycles. The third-order valence-corrected chi connectivity index (χ3v) is 4.15. The second-order valence-electron chi connectivity index (χ2n) is 6.05. The summed E-state index contributed by atoms with van der Waals surface area (Å²) in [5.74, 6) is -0.859. The normalized spacial score (nSPS) is 17.8. The van der Waals surface area contributed by atoms with E-state index in [4.69, 9.17) is 9.47 Å². The van der Waals surface area contributed by atoms with Gasteiger partial charge in [0.25, 0.3) is 0 Å². The molecule has 0 spiro atoms. The van der Waals surface area contributed by atoms with E-state index in [9.17, 15) is 9.18 Å². The Labute approximate surface area is 146 Å². The number of esters is 1. The monoisotopic (exact) mass is 347 g/mol. The van der Waals surface area contributed by atoms with Crippen LogP contribution in [0.15, 0.2) is 42.7 Å². The highest BCUT2D eigenvalue weighted by molar-refractivity contribution is 5.78. The lowest BCUT2D eigenvalue weighted by atomic mass is 10.0. The van der Waals surface area contributed by atoms with Crippen molar-refractivity contribution in [1.82, 2.24) is 14.7 Å². The lowest BCUT2D eigenvalue weighted by Crippen LogP contribution is -2.43. The van der Waals surface area contributed by atoms with Crippen LogP contribution in [-0.2, 0) is 20.8 Å². The number of ether oxygens (including phenoxy) is 2. The Balaban J connectivity index is 1.76. The Hall–Kier alpha value is -2.25. The minimum absolute atomic E-state index is 0.334. The topological polar surface area (TPSA) is 56.6 Å². The number of carbonyl (C=O) groups is 1. The lowest BCUT2D eigenvalue weighted by Gasteiger charge is -2.33. The molecule has 1 aromatic carbocycles. The first-order valence-corrected chi connectivity index (χ1v) is 8.39. The third-order valence-electron chi connectivity index (χ3n) is 4.15. The van der Waals surface area contributed by atoms with Gasteiger partial charge in [0.1, 0.15) is 18.0 Å². The minimum Gasteiger partial charge on any atom is -0.459 e. The van der Waals surface area contributed by atoms with Gasteiger partial charge < -0.3 is 9.47 Å². The maximum absolute atomic E-state index is 14.3. The van der Waals surface area contributed by atoms with Gasteiger partial charge in [-0.25, -0.2) is 9.18 Å². The number of aromatic nitrogens is 2. The molecule has 3 rings (SSSR count). The molecule has 25 heavy (non-hydrogen) atoms. The second-order valence-corrected chi connectivity index (χ2v) is 6.05. The van der Waals surface area contributed by atoms with Gasteiger partial charge in [-0.3, -0.25) is 9.58 Å². The number of morpholine rings is 1. The average molecular weight is 347 g/mol. The van der Waals surface area contributed by atoms with Gasteiger partial charge in [0.2, 0.25) is 0 Å². The molecule has 0 saturated carbocycles. The fourth-order valence-electron chi connectivity index (χ4n) is 2.98. The number of rotatable bonds is 6. The van der Waals surface area contributed by atoms with Crippen molar-refractivity contribution >= 4 is 5.97 Å². The van der Waals surface area contributed by atoms with Crippen molar-refractivity contribution in [3.63, 3.8) is 0 Å². The minimum atomic E-state index is -0.773. The highest BCUT2D eigenvalue weighted by Gasteiger charge is 2.33. The average Bonchev–Trinajstić information content (AvgIpc) is 3.10. The Morgan fingerprint density at radius 2 is 2.08 bits per heavy atom. The molecule has 0 bridgehead atoms. The molecule has 2 unspecified atom stereocenters. The van der Waals surface area contributed by atoms with Crippen LogP contribution >= 0.6 is 0 Å². The zero-order valence-electron chi connectivity index (χ0n) is 14.2. The van der Waals surface area contributed by atoms with E-state index >= 15 is 0 Å². The second kappa shape index (κ2) is 8.22. The molecule has 2 heterocycles. The molecule has 1 aliphatic rings. The molecule has 1 saturated heterocycles. The van der Waals surface area contributed by atoms with Crippen molar-refractivity contribution in [2.75, 3.05) is 26.3 Å². The summed E-state index contributed by atoms with van der Waals surface area (Å²) in [6.07, 6.45) is 3.10.